The van der Waals surface area contributed by atoms with Crippen molar-refractivity contribution in [2.24, 2.45) is 0 Å². The molecule has 0 unspecified atom stereocenters. The predicted molar refractivity (Wildman–Crippen MR) is 103 cm³/mol. The van der Waals surface area contributed by atoms with Crippen LogP contribution in [-0.4, -0.2) is 35.2 Å². The van der Waals surface area contributed by atoms with Crippen molar-refractivity contribution in [1.82, 2.24) is 15.1 Å². The lowest BCUT2D eigenvalue weighted by Crippen LogP contribution is -2.30. The summed E-state index contributed by atoms with van der Waals surface area (Å²) in [4.78, 5) is 11.2. The van der Waals surface area contributed by atoms with E-state index in [1.165, 1.54) is 4.68 Å². The molecule has 1 aliphatic rings. The summed E-state index contributed by atoms with van der Waals surface area (Å²) in [5.41, 5.74) is 1.74. The molecule has 140 valence electrons. The number of carbonyl (C=O) groups is 1. The van der Waals surface area contributed by atoms with Crippen LogP contribution in [0.25, 0.3) is 0 Å². The topological polar surface area (TPSA) is 101 Å². The molecule has 26 heavy (non-hydrogen) atoms. The van der Waals surface area contributed by atoms with Crippen molar-refractivity contribution >= 4 is 47.7 Å². The fraction of sp³-hybridized carbons (Fsp3) is 0.375. The van der Waals surface area contributed by atoms with Gasteiger partial charge in [-0.1, -0.05) is 31.9 Å². The highest BCUT2D eigenvalue weighted by atomic mass is 79.9. The number of aromatic nitrogens is 2. The molecule has 0 radical (unpaired) electrons. The Balaban J connectivity index is 1.77. The number of fused-ring (bicyclic) bond motifs is 1. The van der Waals surface area contributed by atoms with Gasteiger partial charge < -0.3 is 5.11 Å². The van der Waals surface area contributed by atoms with Crippen LogP contribution in [-0.2, 0) is 27.6 Å². The van der Waals surface area contributed by atoms with Crippen molar-refractivity contribution in [3.05, 3.63) is 44.6 Å². The number of carboxylic acid groups (broad SMARTS) is 1. The Hall–Kier alpha value is -1.23. The number of rotatable bonds is 6. The molecule has 0 bridgehead atoms. The molecule has 1 aliphatic carbocycles. The van der Waals surface area contributed by atoms with Crippen LogP contribution in [0, 0.1) is 0 Å². The minimum Gasteiger partial charge on any atom is -0.480 e. The van der Waals surface area contributed by atoms with Crippen LogP contribution in [0.15, 0.2) is 38.2 Å². The third-order valence-corrected chi connectivity index (χ3v) is 6.68. The molecule has 0 spiro atoms. The highest BCUT2D eigenvalue weighted by molar-refractivity contribution is 9.11. The van der Waals surface area contributed by atoms with Crippen LogP contribution in [0.2, 0.25) is 0 Å². The van der Waals surface area contributed by atoms with E-state index in [0.29, 0.717) is 8.95 Å². The lowest BCUT2D eigenvalue weighted by atomic mass is 9.93. The maximum atomic E-state index is 12.6. The molecule has 1 aromatic carbocycles. The van der Waals surface area contributed by atoms with Gasteiger partial charge in [0.25, 0.3) is 0 Å². The number of halogens is 2. The number of benzene rings is 1. The van der Waals surface area contributed by atoms with E-state index >= 15 is 0 Å². The molecule has 0 fully saturated rings. The number of aliphatic carboxylic acids is 1. The summed E-state index contributed by atoms with van der Waals surface area (Å²) < 4.78 is 28.1. The molecule has 2 aromatic rings. The largest absolute Gasteiger partial charge is 0.480 e. The smallest absolute Gasteiger partial charge is 0.325 e. The van der Waals surface area contributed by atoms with Crippen molar-refractivity contribution in [2.75, 3.05) is 5.88 Å². The van der Waals surface area contributed by atoms with E-state index in [0.717, 1.165) is 30.5 Å². The van der Waals surface area contributed by atoms with Gasteiger partial charge in [-0.05, 0) is 37.5 Å². The van der Waals surface area contributed by atoms with E-state index in [-0.39, 0.29) is 23.4 Å². The maximum absolute atomic E-state index is 12.6. The summed E-state index contributed by atoms with van der Waals surface area (Å²) >= 11 is 6.61. The van der Waals surface area contributed by atoms with Gasteiger partial charge in [-0.3, -0.25) is 14.8 Å². The second-order valence-electron chi connectivity index (χ2n) is 6.11. The predicted octanol–water partition coefficient (Wildman–Crippen LogP) is 2.89. The quantitative estimate of drug-likeness (QED) is 0.624. The average Bonchev–Trinajstić information content (AvgIpc) is 2.95. The zero-order valence-electron chi connectivity index (χ0n) is 13.7. The van der Waals surface area contributed by atoms with E-state index < -0.39 is 15.8 Å². The molecule has 7 nitrogen and oxygen atoms in total. The lowest BCUT2D eigenvalue weighted by molar-refractivity contribution is -0.137. The average molecular weight is 507 g/mol. The van der Waals surface area contributed by atoms with Crippen LogP contribution in [0.3, 0.4) is 0 Å². The molecular formula is C16H17Br2N3O4S. The number of nitrogens with one attached hydrogen (secondary N) is 1. The van der Waals surface area contributed by atoms with E-state index in [1.54, 1.807) is 24.4 Å². The number of nitrogens with zero attached hydrogens (tertiary/aromatic N) is 2. The lowest BCUT2D eigenvalue weighted by Gasteiger charge is -2.24. The Bertz CT molecular complexity index is 923. The molecular weight excluding hydrogens is 490 g/mol. The first-order chi connectivity index (χ1) is 12.3. The highest BCUT2D eigenvalue weighted by Crippen LogP contribution is 2.30. The van der Waals surface area contributed by atoms with E-state index in [2.05, 4.69) is 42.3 Å². The van der Waals surface area contributed by atoms with Crippen molar-refractivity contribution < 1.29 is 18.3 Å². The van der Waals surface area contributed by atoms with Crippen molar-refractivity contribution in [3.8, 4) is 0 Å². The number of hydrogen-bond donors (Lipinski definition) is 2. The van der Waals surface area contributed by atoms with Gasteiger partial charge in [0.2, 0.25) is 0 Å². The second kappa shape index (κ2) is 7.79. The molecule has 2 N–H and O–H groups in total. The fourth-order valence-electron chi connectivity index (χ4n) is 3.10. The molecule has 10 heteroatoms. The van der Waals surface area contributed by atoms with Crippen molar-refractivity contribution in [1.29, 1.82) is 0 Å². The second-order valence-corrected chi connectivity index (χ2v) is 9.93. The van der Waals surface area contributed by atoms with Gasteiger partial charge in [-0.25, -0.2) is 8.42 Å². The summed E-state index contributed by atoms with van der Waals surface area (Å²) in [5, 5.41) is 16.2. The number of carboxylic acids is 1. The molecule has 1 atom stereocenters. The van der Waals surface area contributed by atoms with Crippen LogP contribution in [0.4, 0.5) is 0 Å². The summed E-state index contributed by atoms with van der Waals surface area (Å²) in [6.07, 6.45) is 4.01. The summed E-state index contributed by atoms with van der Waals surface area (Å²) in [7, 11) is -3.51. The maximum Gasteiger partial charge on any atom is 0.325 e. The van der Waals surface area contributed by atoms with Gasteiger partial charge in [-0.15, -0.1) is 0 Å². The monoisotopic (exact) mass is 505 g/mol. The zero-order valence-corrected chi connectivity index (χ0v) is 17.6. The van der Waals surface area contributed by atoms with Gasteiger partial charge in [0, 0.05) is 26.2 Å². The Morgan fingerprint density at radius 3 is 2.65 bits per heavy atom. The minimum absolute atomic E-state index is 0.160. The van der Waals surface area contributed by atoms with E-state index in [1.807, 2.05) is 0 Å². The third kappa shape index (κ3) is 4.36. The van der Waals surface area contributed by atoms with Crippen molar-refractivity contribution in [2.45, 2.75) is 36.7 Å². The Morgan fingerprint density at radius 1 is 1.31 bits per heavy atom. The standard InChI is InChI=1S/C16H17Br2N3O4S/c17-10-4-11(18)6-12(5-10)26(24,25)9-19-14-2-1-3-15-13(14)7-20-21(15)8-16(22)23/h4-7,14,19H,1-3,8-9H2,(H,22,23)/t14-/m1/s1. The molecule has 1 heterocycles. The minimum atomic E-state index is -3.51. The first kappa shape index (κ1) is 19.5. The Morgan fingerprint density at radius 2 is 2.00 bits per heavy atom. The summed E-state index contributed by atoms with van der Waals surface area (Å²) in [5.74, 6) is -1.15. The SMILES string of the molecule is O=C(O)Cn1ncc2c1CCC[C@H]2NCS(=O)(=O)c1cc(Br)cc(Br)c1. The number of sulfone groups is 1. The molecule has 1 aromatic heterocycles. The first-order valence-corrected chi connectivity index (χ1v) is 11.2. The molecule has 0 saturated carbocycles. The van der Waals surface area contributed by atoms with Crippen LogP contribution < -0.4 is 5.32 Å². The Kier molecular flexibility index (Phi) is 5.85. The molecule has 3 rings (SSSR count). The summed E-state index contributed by atoms with van der Waals surface area (Å²) in [6, 6.07) is 4.75. The van der Waals surface area contributed by atoms with Gasteiger partial charge in [0.05, 0.1) is 11.1 Å². The van der Waals surface area contributed by atoms with Crippen LogP contribution >= 0.6 is 31.9 Å². The van der Waals surface area contributed by atoms with E-state index in [4.69, 9.17) is 5.11 Å². The third-order valence-electron chi connectivity index (χ3n) is 4.26. The van der Waals surface area contributed by atoms with Gasteiger partial charge in [-0.2, -0.15) is 5.10 Å². The van der Waals surface area contributed by atoms with Gasteiger partial charge >= 0.3 is 5.97 Å². The number of hydrogen-bond acceptors (Lipinski definition) is 5. The summed E-state index contributed by atoms with van der Waals surface area (Å²) in [6.45, 7) is -0.188. The highest BCUT2D eigenvalue weighted by Gasteiger charge is 2.26. The van der Waals surface area contributed by atoms with Gasteiger partial charge in [0.1, 0.15) is 12.4 Å². The zero-order chi connectivity index (χ0) is 18.9. The van der Waals surface area contributed by atoms with Gasteiger partial charge in [0.15, 0.2) is 9.84 Å². The first-order valence-electron chi connectivity index (χ1n) is 7.95. The van der Waals surface area contributed by atoms with Crippen LogP contribution in [0.5, 0.6) is 0 Å². The fourth-order valence-corrected chi connectivity index (χ4v) is 5.89. The van der Waals surface area contributed by atoms with Crippen molar-refractivity contribution in [3.63, 3.8) is 0 Å². The Labute approximate surface area is 168 Å². The molecule has 0 aliphatic heterocycles. The molecule has 0 amide bonds. The molecule has 0 saturated heterocycles. The van der Waals surface area contributed by atoms with E-state index in [9.17, 15) is 13.2 Å². The van der Waals surface area contributed by atoms with Crippen LogP contribution in [0.1, 0.15) is 30.1 Å². The normalized spacial score (nSPS) is 17.1.